The Morgan fingerprint density at radius 3 is 2.53 bits per heavy atom. The standard InChI is InChI=1S/C12H13NO4/c1-7-3-8(2)12(11(4-7)13(15)16)17-10-5-9(14)6-10/h3-4,10H,5-6H2,1-2H3. The van der Waals surface area contributed by atoms with Gasteiger partial charge in [0.05, 0.1) is 4.92 Å². The van der Waals surface area contributed by atoms with Gasteiger partial charge >= 0.3 is 5.69 Å². The van der Waals surface area contributed by atoms with Crippen molar-refractivity contribution in [2.75, 3.05) is 0 Å². The molecule has 90 valence electrons. The fourth-order valence-corrected chi connectivity index (χ4v) is 1.92. The molecule has 0 saturated heterocycles. The van der Waals surface area contributed by atoms with E-state index in [2.05, 4.69) is 0 Å². The van der Waals surface area contributed by atoms with Gasteiger partial charge in [0, 0.05) is 18.9 Å². The number of aryl methyl sites for hydroxylation is 2. The van der Waals surface area contributed by atoms with Crippen LogP contribution in [-0.2, 0) is 4.79 Å². The second-order valence-electron chi connectivity index (χ2n) is 4.37. The second-order valence-corrected chi connectivity index (χ2v) is 4.37. The molecule has 17 heavy (non-hydrogen) atoms. The molecule has 1 fully saturated rings. The van der Waals surface area contributed by atoms with Gasteiger partial charge in [0.15, 0.2) is 5.75 Å². The number of rotatable bonds is 3. The fourth-order valence-electron chi connectivity index (χ4n) is 1.92. The van der Waals surface area contributed by atoms with E-state index in [1.165, 1.54) is 6.07 Å². The highest BCUT2D eigenvalue weighted by atomic mass is 16.6. The van der Waals surface area contributed by atoms with Crippen LogP contribution in [0, 0.1) is 24.0 Å². The topological polar surface area (TPSA) is 69.4 Å². The van der Waals surface area contributed by atoms with Crippen LogP contribution in [0.1, 0.15) is 24.0 Å². The van der Waals surface area contributed by atoms with Gasteiger partial charge in [-0.05, 0) is 25.0 Å². The first-order chi connectivity index (χ1) is 7.97. The molecule has 1 saturated carbocycles. The van der Waals surface area contributed by atoms with Crippen molar-refractivity contribution >= 4 is 11.5 Å². The molecule has 5 heteroatoms. The second kappa shape index (κ2) is 4.16. The van der Waals surface area contributed by atoms with Crippen molar-refractivity contribution in [2.45, 2.75) is 32.8 Å². The molecule has 0 amide bonds. The SMILES string of the molecule is Cc1cc(C)c(OC2CC(=O)C2)c([N+](=O)[O-])c1. The lowest BCUT2D eigenvalue weighted by molar-refractivity contribution is -0.386. The molecular formula is C12H13NO4. The molecule has 5 nitrogen and oxygen atoms in total. The van der Waals surface area contributed by atoms with E-state index in [0.29, 0.717) is 12.8 Å². The Balaban J connectivity index is 2.30. The molecule has 1 aromatic carbocycles. The number of ketones is 1. The minimum absolute atomic E-state index is 0.0261. The van der Waals surface area contributed by atoms with Gasteiger partial charge in [-0.2, -0.15) is 0 Å². The van der Waals surface area contributed by atoms with Gasteiger partial charge < -0.3 is 4.74 Å². The number of benzene rings is 1. The van der Waals surface area contributed by atoms with Crippen LogP contribution in [0.5, 0.6) is 5.75 Å². The van der Waals surface area contributed by atoms with E-state index in [-0.39, 0.29) is 23.3 Å². The number of carbonyl (C=O) groups is 1. The zero-order valence-corrected chi connectivity index (χ0v) is 9.73. The molecular weight excluding hydrogens is 222 g/mol. The third kappa shape index (κ3) is 2.27. The number of Topliss-reactive ketones (excluding diaryl/α,β-unsaturated/α-hetero) is 1. The van der Waals surface area contributed by atoms with Gasteiger partial charge in [0.1, 0.15) is 11.9 Å². The molecule has 0 unspecified atom stereocenters. The Morgan fingerprint density at radius 2 is 2.00 bits per heavy atom. The van der Waals surface area contributed by atoms with Crippen LogP contribution >= 0.6 is 0 Å². The summed E-state index contributed by atoms with van der Waals surface area (Å²) in [6.07, 6.45) is 0.497. The summed E-state index contributed by atoms with van der Waals surface area (Å²) in [6, 6.07) is 3.33. The van der Waals surface area contributed by atoms with Crippen LogP contribution in [-0.4, -0.2) is 16.8 Å². The number of nitrogens with zero attached hydrogens (tertiary/aromatic N) is 1. The molecule has 0 aromatic heterocycles. The van der Waals surface area contributed by atoms with Gasteiger partial charge in [-0.25, -0.2) is 0 Å². The molecule has 1 aliphatic carbocycles. The molecule has 0 spiro atoms. The van der Waals surface area contributed by atoms with Crippen LogP contribution in [0.2, 0.25) is 0 Å². The summed E-state index contributed by atoms with van der Waals surface area (Å²) < 4.78 is 5.54. The molecule has 1 aliphatic rings. The highest BCUT2D eigenvalue weighted by Gasteiger charge is 2.31. The minimum atomic E-state index is -0.449. The molecule has 0 bridgehead atoms. The van der Waals surface area contributed by atoms with Crippen LogP contribution in [0.3, 0.4) is 0 Å². The Labute approximate surface area is 98.5 Å². The Bertz CT molecular complexity index is 488. The van der Waals surface area contributed by atoms with Crippen molar-refractivity contribution in [1.29, 1.82) is 0 Å². The first kappa shape index (κ1) is 11.6. The number of hydrogen-bond acceptors (Lipinski definition) is 4. The van der Waals surface area contributed by atoms with Gasteiger partial charge in [0.2, 0.25) is 0 Å². The largest absolute Gasteiger partial charge is 0.482 e. The summed E-state index contributed by atoms with van der Waals surface area (Å²) in [5, 5.41) is 10.9. The molecule has 0 aliphatic heterocycles. The number of hydrogen-bond donors (Lipinski definition) is 0. The molecule has 0 radical (unpaired) electrons. The van der Waals surface area contributed by atoms with E-state index in [1.54, 1.807) is 13.8 Å². The minimum Gasteiger partial charge on any atom is -0.482 e. The summed E-state index contributed by atoms with van der Waals surface area (Å²) >= 11 is 0. The summed E-state index contributed by atoms with van der Waals surface area (Å²) in [5.74, 6) is 0.431. The van der Waals surface area contributed by atoms with Crippen LogP contribution in [0.4, 0.5) is 5.69 Å². The third-order valence-electron chi connectivity index (χ3n) is 2.79. The van der Waals surface area contributed by atoms with Crippen molar-refractivity contribution in [3.63, 3.8) is 0 Å². The summed E-state index contributed by atoms with van der Waals surface area (Å²) in [5.41, 5.74) is 1.53. The molecule has 0 heterocycles. The average molecular weight is 235 g/mol. The predicted octanol–water partition coefficient (Wildman–Crippen LogP) is 2.32. The van der Waals surface area contributed by atoms with Crippen LogP contribution in [0.15, 0.2) is 12.1 Å². The third-order valence-corrected chi connectivity index (χ3v) is 2.79. The zero-order valence-electron chi connectivity index (χ0n) is 9.73. The molecule has 0 N–H and O–H groups in total. The smallest absolute Gasteiger partial charge is 0.311 e. The average Bonchev–Trinajstić information content (AvgIpc) is 2.18. The maximum atomic E-state index is 10.9. The summed E-state index contributed by atoms with van der Waals surface area (Å²) in [6.45, 7) is 3.58. The highest BCUT2D eigenvalue weighted by molar-refractivity contribution is 5.85. The van der Waals surface area contributed by atoms with Gasteiger partial charge in [0.25, 0.3) is 0 Å². The monoisotopic (exact) mass is 235 g/mol. The molecule has 0 atom stereocenters. The van der Waals surface area contributed by atoms with E-state index in [1.807, 2.05) is 6.07 Å². The summed E-state index contributed by atoms with van der Waals surface area (Å²) in [7, 11) is 0. The van der Waals surface area contributed by atoms with Crippen molar-refractivity contribution in [3.8, 4) is 5.75 Å². The number of nitro groups is 1. The van der Waals surface area contributed by atoms with Gasteiger partial charge in [-0.1, -0.05) is 6.07 Å². The van der Waals surface area contributed by atoms with E-state index in [9.17, 15) is 14.9 Å². The first-order valence-corrected chi connectivity index (χ1v) is 5.41. The van der Waals surface area contributed by atoms with Crippen molar-refractivity contribution in [2.24, 2.45) is 0 Å². The Morgan fingerprint density at radius 1 is 1.35 bits per heavy atom. The van der Waals surface area contributed by atoms with Crippen LogP contribution in [0.25, 0.3) is 0 Å². The van der Waals surface area contributed by atoms with E-state index in [4.69, 9.17) is 4.74 Å². The predicted molar refractivity (Wildman–Crippen MR) is 61.2 cm³/mol. The normalized spacial score (nSPS) is 15.5. The fraction of sp³-hybridized carbons (Fsp3) is 0.417. The number of nitro benzene ring substituents is 1. The van der Waals surface area contributed by atoms with Crippen molar-refractivity contribution < 1.29 is 14.5 Å². The lowest BCUT2D eigenvalue weighted by atomic mass is 9.94. The molecule has 1 aromatic rings. The highest BCUT2D eigenvalue weighted by Crippen LogP contribution is 2.35. The van der Waals surface area contributed by atoms with Crippen molar-refractivity contribution in [1.82, 2.24) is 0 Å². The van der Waals surface area contributed by atoms with Crippen molar-refractivity contribution in [3.05, 3.63) is 33.4 Å². The Kier molecular flexibility index (Phi) is 2.83. The van der Waals surface area contributed by atoms with Gasteiger partial charge in [-0.15, -0.1) is 0 Å². The summed E-state index contributed by atoms with van der Waals surface area (Å²) in [4.78, 5) is 21.3. The Hall–Kier alpha value is -1.91. The quantitative estimate of drug-likeness (QED) is 0.595. The first-order valence-electron chi connectivity index (χ1n) is 5.41. The zero-order chi connectivity index (χ0) is 12.6. The van der Waals surface area contributed by atoms with Crippen LogP contribution < -0.4 is 4.74 Å². The number of carbonyl (C=O) groups excluding carboxylic acids is 1. The lowest BCUT2D eigenvalue weighted by Crippen LogP contribution is -2.34. The maximum absolute atomic E-state index is 10.9. The number of ether oxygens (including phenoxy) is 1. The molecule has 2 rings (SSSR count). The van der Waals surface area contributed by atoms with E-state index >= 15 is 0 Å². The van der Waals surface area contributed by atoms with E-state index in [0.717, 1.165) is 11.1 Å². The maximum Gasteiger partial charge on any atom is 0.311 e. The van der Waals surface area contributed by atoms with Gasteiger partial charge in [-0.3, -0.25) is 14.9 Å². The van der Waals surface area contributed by atoms with E-state index < -0.39 is 4.92 Å². The lowest BCUT2D eigenvalue weighted by Gasteiger charge is -2.25.